The molecule has 0 atom stereocenters. The van der Waals surface area contributed by atoms with Crippen molar-refractivity contribution < 1.29 is 0 Å². The molecule has 6 heteroatoms. The second-order valence-corrected chi connectivity index (χ2v) is 4.65. The summed E-state index contributed by atoms with van der Waals surface area (Å²) in [4.78, 5) is 9.26. The van der Waals surface area contributed by atoms with Gasteiger partial charge in [0, 0.05) is 23.3 Å². The zero-order chi connectivity index (χ0) is 12.0. The third kappa shape index (κ3) is 1.42. The normalized spacial score (nSPS) is 11.1. The fraction of sp³-hybridized carbons (Fsp3) is 0. The molecule has 3 aromatic rings. The Labute approximate surface area is 100 Å². The smallest absolute Gasteiger partial charge is 0.127 e. The van der Waals surface area contributed by atoms with Gasteiger partial charge in [-0.1, -0.05) is 11.3 Å². The first kappa shape index (κ1) is 9.98. The number of anilines is 2. The van der Waals surface area contributed by atoms with Crippen LogP contribution in [0.4, 0.5) is 11.5 Å². The summed E-state index contributed by atoms with van der Waals surface area (Å²) in [6.07, 6.45) is 1.69. The van der Waals surface area contributed by atoms with Gasteiger partial charge < -0.3 is 11.5 Å². The topological polar surface area (TPSA) is 102 Å². The number of nitrogens with one attached hydrogen (secondary N) is 1. The van der Waals surface area contributed by atoms with Gasteiger partial charge in [-0.3, -0.25) is 5.41 Å². The molecule has 3 heterocycles. The zero-order valence-electron chi connectivity index (χ0n) is 8.77. The number of hydrogen-bond acceptors (Lipinski definition) is 6. The first-order chi connectivity index (χ1) is 8.16. The molecule has 3 aromatic heterocycles. The summed E-state index contributed by atoms with van der Waals surface area (Å²) >= 11 is 1.29. The third-order valence-corrected chi connectivity index (χ3v) is 3.45. The lowest BCUT2D eigenvalue weighted by Gasteiger charge is -2.05. The Bertz CT molecular complexity index is 793. The van der Waals surface area contributed by atoms with Crippen molar-refractivity contribution in [2.75, 3.05) is 11.5 Å². The number of pyridine rings is 2. The molecule has 0 aliphatic carbocycles. The molecule has 5 N–H and O–H groups in total. The summed E-state index contributed by atoms with van der Waals surface area (Å²) in [6, 6.07) is 5.32. The highest BCUT2D eigenvalue weighted by Crippen LogP contribution is 2.26. The maximum atomic E-state index is 7.97. The standard InChI is InChI=1S/C11H9N5S/c12-6-4-7(13)16-9-5-2-1-3-15-11(5)17-10(14)8(6)9/h1-4,14H,(H4,12,13,16). The van der Waals surface area contributed by atoms with Crippen LogP contribution in [0.25, 0.3) is 21.1 Å². The van der Waals surface area contributed by atoms with Gasteiger partial charge in [0.2, 0.25) is 0 Å². The van der Waals surface area contributed by atoms with Crippen molar-refractivity contribution in [2.24, 2.45) is 0 Å². The lowest BCUT2D eigenvalue weighted by atomic mass is 10.2. The molecule has 0 spiro atoms. The van der Waals surface area contributed by atoms with Gasteiger partial charge in [0.1, 0.15) is 15.3 Å². The van der Waals surface area contributed by atoms with Crippen molar-refractivity contribution in [1.29, 1.82) is 5.41 Å². The summed E-state index contributed by atoms with van der Waals surface area (Å²) in [5.74, 6) is 0.357. The third-order valence-electron chi connectivity index (χ3n) is 2.52. The molecule has 17 heavy (non-hydrogen) atoms. The molecule has 5 nitrogen and oxygen atoms in total. The number of fused-ring (bicyclic) bond motifs is 3. The molecule has 0 radical (unpaired) electrons. The lowest BCUT2D eigenvalue weighted by Crippen LogP contribution is -2.04. The molecule has 0 fully saturated rings. The number of nitrogens with two attached hydrogens (primary N) is 2. The van der Waals surface area contributed by atoms with Crippen molar-refractivity contribution in [1.82, 2.24) is 9.97 Å². The second-order valence-electron chi connectivity index (χ2n) is 3.65. The predicted molar refractivity (Wildman–Crippen MR) is 69.6 cm³/mol. The summed E-state index contributed by atoms with van der Waals surface area (Å²) < 4.78 is 0.358. The van der Waals surface area contributed by atoms with E-state index < -0.39 is 0 Å². The first-order valence-electron chi connectivity index (χ1n) is 4.95. The molecule has 84 valence electrons. The molecule has 0 saturated heterocycles. The molecule has 0 amide bonds. The van der Waals surface area contributed by atoms with E-state index in [9.17, 15) is 0 Å². The van der Waals surface area contributed by atoms with E-state index in [1.807, 2.05) is 12.1 Å². The van der Waals surface area contributed by atoms with Gasteiger partial charge in [-0.05, 0) is 12.1 Å². The largest absolute Gasteiger partial charge is 0.398 e. The summed E-state index contributed by atoms with van der Waals surface area (Å²) in [6.45, 7) is 0. The Morgan fingerprint density at radius 1 is 1.29 bits per heavy atom. The maximum absolute atomic E-state index is 7.97. The number of hydrogen-bond donors (Lipinski definition) is 3. The number of aromatic nitrogens is 2. The number of nitrogen functional groups attached to an aromatic ring is 2. The van der Waals surface area contributed by atoms with Crippen LogP contribution in [0.3, 0.4) is 0 Å². The van der Waals surface area contributed by atoms with E-state index in [2.05, 4.69) is 9.97 Å². The molecule has 3 rings (SSSR count). The molecule has 0 unspecified atom stereocenters. The van der Waals surface area contributed by atoms with Crippen LogP contribution in [0.15, 0.2) is 24.4 Å². The van der Waals surface area contributed by atoms with Gasteiger partial charge in [0.25, 0.3) is 0 Å². The minimum atomic E-state index is 0.357. The van der Waals surface area contributed by atoms with Crippen molar-refractivity contribution in [3.05, 3.63) is 29.1 Å². The molecule has 0 saturated carbocycles. The van der Waals surface area contributed by atoms with Gasteiger partial charge in [-0.25, -0.2) is 9.97 Å². The van der Waals surface area contributed by atoms with E-state index in [0.29, 0.717) is 27.1 Å². The molecule has 0 aliphatic heterocycles. The van der Waals surface area contributed by atoms with Gasteiger partial charge in [-0.2, -0.15) is 0 Å². The van der Waals surface area contributed by atoms with E-state index in [1.54, 1.807) is 12.3 Å². The van der Waals surface area contributed by atoms with E-state index in [-0.39, 0.29) is 0 Å². The Balaban J connectivity index is 2.70. The first-order valence-corrected chi connectivity index (χ1v) is 5.76. The van der Waals surface area contributed by atoms with Crippen LogP contribution in [0.5, 0.6) is 0 Å². The summed E-state index contributed by atoms with van der Waals surface area (Å²) in [5.41, 5.74) is 12.7. The highest BCUT2D eigenvalue weighted by atomic mass is 32.1. The van der Waals surface area contributed by atoms with Crippen LogP contribution in [0.2, 0.25) is 0 Å². The van der Waals surface area contributed by atoms with Gasteiger partial charge in [-0.15, -0.1) is 0 Å². The van der Waals surface area contributed by atoms with E-state index >= 15 is 0 Å². The van der Waals surface area contributed by atoms with E-state index in [1.165, 1.54) is 11.3 Å². The van der Waals surface area contributed by atoms with Crippen molar-refractivity contribution in [3.63, 3.8) is 0 Å². The van der Waals surface area contributed by atoms with Crippen molar-refractivity contribution in [2.45, 2.75) is 0 Å². The molecule has 0 bridgehead atoms. The van der Waals surface area contributed by atoms with E-state index in [4.69, 9.17) is 16.9 Å². The number of rotatable bonds is 0. The summed E-state index contributed by atoms with van der Waals surface area (Å²) in [7, 11) is 0. The fourth-order valence-electron chi connectivity index (χ4n) is 1.82. The highest BCUT2D eigenvalue weighted by Gasteiger charge is 2.09. The van der Waals surface area contributed by atoms with Crippen LogP contribution in [-0.2, 0) is 0 Å². The van der Waals surface area contributed by atoms with Gasteiger partial charge >= 0.3 is 0 Å². The van der Waals surface area contributed by atoms with Gasteiger partial charge in [0.15, 0.2) is 0 Å². The van der Waals surface area contributed by atoms with Crippen LogP contribution in [0.1, 0.15) is 0 Å². The van der Waals surface area contributed by atoms with Gasteiger partial charge in [0.05, 0.1) is 10.9 Å². The second kappa shape index (κ2) is 3.39. The quantitative estimate of drug-likeness (QED) is 0.520. The molecule has 0 aromatic carbocycles. The lowest BCUT2D eigenvalue weighted by molar-refractivity contribution is 1.35. The van der Waals surface area contributed by atoms with Crippen molar-refractivity contribution >= 4 is 44.0 Å². The molecule has 0 aliphatic rings. The predicted octanol–water partition coefficient (Wildman–Crippen LogP) is 1.49. The Kier molecular flexibility index (Phi) is 1.99. The highest BCUT2D eigenvalue weighted by molar-refractivity contribution is 7.16. The van der Waals surface area contributed by atoms with Crippen LogP contribution in [0, 0.1) is 5.41 Å². The van der Waals surface area contributed by atoms with Crippen molar-refractivity contribution in [3.8, 4) is 0 Å². The Morgan fingerprint density at radius 3 is 2.94 bits per heavy atom. The summed E-state index contributed by atoms with van der Waals surface area (Å²) in [5, 5.41) is 9.50. The molecular formula is C11H9N5S. The van der Waals surface area contributed by atoms with Crippen LogP contribution in [-0.4, -0.2) is 9.97 Å². The average Bonchev–Trinajstić information content (AvgIpc) is 2.28. The monoisotopic (exact) mass is 243 g/mol. The SMILES string of the molecule is N=c1sc2ncccc2c2nc(N)cc(N)c12. The Morgan fingerprint density at radius 2 is 2.12 bits per heavy atom. The zero-order valence-corrected chi connectivity index (χ0v) is 9.58. The minimum absolute atomic E-state index is 0.357. The molecular weight excluding hydrogens is 234 g/mol. The average molecular weight is 243 g/mol. The fourth-order valence-corrected chi connectivity index (χ4v) is 2.72. The Hall–Kier alpha value is -2.21. The number of nitrogens with zero attached hydrogens (tertiary/aromatic N) is 2. The minimum Gasteiger partial charge on any atom is -0.398 e. The van der Waals surface area contributed by atoms with E-state index in [0.717, 1.165) is 10.2 Å². The van der Waals surface area contributed by atoms with Crippen LogP contribution >= 0.6 is 11.3 Å². The van der Waals surface area contributed by atoms with Crippen LogP contribution < -0.4 is 16.1 Å². The maximum Gasteiger partial charge on any atom is 0.127 e.